The predicted molar refractivity (Wildman–Crippen MR) is 73.4 cm³/mol. The number of hydrogen-bond acceptors (Lipinski definition) is 2. The van der Waals surface area contributed by atoms with Gasteiger partial charge < -0.3 is 15.7 Å². The highest BCUT2D eigenvalue weighted by molar-refractivity contribution is 5.74. The first kappa shape index (κ1) is 15.0. The van der Waals surface area contributed by atoms with E-state index in [-0.39, 0.29) is 18.0 Å². The first-order valence-electron chi connectivity index (χ1n) is 7.06. The Morgan fingerprint density at radius 3 is 2.72 bits per heavy atom. The molecule has 104 valence electrons. The highest BCUT2D eigenvalue weighted by atomic mass is 16.3. The molecular weight excluding hydrogens is 228 g/mol. The fraction of sp³-hybridized carbons (Fsp3) is 0.786. The van der Waals surface area contributed by atoms with Gasteiger partial charge in [-0.1, -0.05) is 38.8 Å². The Morgan fingerprint density at radius 2 is 2.17 bits per heavy atom. The molecule has 2 atom stereocenters. The van der Waals surface area contributed by atoms with Crippen LogP contribution in [0.15, 0.2) is 12.2 Å². The molecule has 2 unspecified atom stereocenters. The van der Waals surface area contributed by atoms with Crippen LogP contribution in [0.3, 0.4) is 0 Å². The maximum atomic E-state index is 11.6. The second kappa shape index (κ2) is 8.14. The third kappa shape index (κ3) is 5.08. The van der Waals surface area contributed by atoms with Crippen molar-refractivity contribution in [3.05, 3.63) is 12.2 Å². The summed E-state index contributed by atoms with van der Waals surface area (Å²) < 4.78 is 0. The summed E-state index contributed by atoms with van der Waals surface area (Å²) in [7, 11) is 0. The van der Waals surface area contributed by atoms with Gasteiger partial charge in [-0.05, 0) is 25.2 Å². The lowest BCUT2D eigenvalue weighted by Crippen LogP contribution is -2.45. The van der Waals surface area contributed by atoms with Gasteiger partial charge in [0.25, 0.3) is 0 Å². The van der Waals surface area contributed by atoms with Crippen LogP contribution >= 0.6 is 0 Å². The van der Waals surface area contributed by atoms with Crippen LogP contribution in [0.25, 0.3) is 0 Å². The van der Waals surface area contributed by atoms with E-state index in [1.54, 1.807) is 0 Å². The smallest absolute Gasteiger partial charge is 0.315 e. The van der Waals surface area contributed by atoms with Crippen LogP contribution in [0, 0.1) is 5.92 Å². The van der Waals surface area contributed by atoms with Crippen molar-refractivity contribution in [2.75, 3.05) is 6.54 Å². The number of aliphatic hydroxyl groups is 1. The summed E-state index contributed by atoms with van der Waals surface area (Å²) in [6, 6.07) is -0.0411. The van der Waals surface area contributed by atoms with E-state index in [9.17, 15) is 9.90 Å². The van der Waals surface area contributed by atoms with Crippen molar-refractivity contribution in [3.8, 4) is 0 Å². The zero-order chi connectivity index (χ0) is 13.4. The second-order valence-corrected chi connectivity index (χ2v) is 4.96. The van der Waals surface area contributed by atoms with Crippen molar-refractivity contribution < 1.29 is 9.90 Å². The maximum Gasteiger partial charge on any atom is 0.315 e. The van der Waals surface area contributed by atoms with Crippen molar-refractivity contribution in [2.24, 2.45) is 5.92 Å². The third-order valence-electron chi connectivity index (χ3n) is 3.64. The van der Waals surface area contributed by atoms with Crippen LogP contribution in [0.2, 0.25) is 0 Å². The molecule has 18 heavy (non-hydrogen) atoms. The molecule has 4 heteroatoms. The standard InChI is InChI=1S/C14H26N2O2/c1-3-11(4-2)13(17)10-15-14(18)16-12-8-6-5-7-9-12/h6,8,11-13,17H,3-5,7,9-10H2,1-2H3,(H2,15,16,18). The predicted octanol–water partition coefficient (Wildman–Crippen LogP) is 2.19. The molecule has 0 radical (unpaired) electrons. The SMILES string of the molecule is CCC(CC)C(O)CNC(=O)NC1C=CCCC1. The average molecular weight is 254 g/mol. The second-order valence-electron chi connectivity index (χ2n) is 4.96. The molecular formula is C14H26N2O2. The number of rotatable bonds is 6. The van der Waals surface area contributed by atoms with E-state index >= 15 is 0 Å². The Labute approximate surface area is 110 Å². The summed E-state index contributed by atoms with van der Waals surface area (Å²) in [4.78, 5) is 11.6. The molecule has 0 saturated carbocycles. The minimum Gasteiger partial charge on any atom is -0.391 e. The van der Waals surface area contributed by atoms with Crippen LogP contribution in [0.5, 0.6) is 0 Å². The molecule has 1 aliphatic rings. The third-order valence-corrected chi connectivity index (χ3v) is 3.64. The van der Waals surface area contributed by atoms with Gasteiger partial charge >= 0.3 is 6.03 Å². The number of hydrogen-bond donors (Lipinski definition) is 3. The Morgan fingerprint density at radius 1 is 1.44 bits per heavy atom. The number of urea groups is 1. The lowest BCUT2D eigenvalue weighted by molar-refractivity contribution is 0.103. The van der Waals surface area contributed by atoms with E-state index in [2.05, 4.69) is 30.6 Å². The molecule has 0 bridgehead atoms. The molecule has 0 saturated heterocycles. The lowest BCUT2D eigenvalue weighted by Gasteiger charge is -2.22. The van der Waals surface area contributed by atoms with Gasteiger partial charge in [0.15, 0.2) is 0 Å². The minimum absolute atomic E-state index is 0.143. The first-order chi connectivity index (χ1) is 8.67. The normalized spacial score (nSPS) is 20.8. The Kier molecular flexibility index (Phi) is 6.80. The van der Waals surface area contributed by atoms with Crippen molar-refractivity contribution in [1.29, 1.82) is 0 Å². The van der Waals surface area contributed by atoms with Crippen molar-refractivity contribution >= 4 is 6.03 Å². The van der Waals surface area contributed by atoms with E-state index < -0.39 is 6.10 Å². The quantitative estimate of drug-likeness (QED) is 0.636. The van der Waals surface area contributed by atoms with Gasteiger partial charge in [-0.25, -0.2) is 4.79 Å². The van der Waals surface area contributed by atoms with E-state index in [0.717, 1.165) is 32.1 Å². The molecule has 0 aromatic heterocycles. The number of carbonyl (C=O) groups excluding carboxylic acids is 1. The maximum absolute atomic E-state index is 11.6. The van der Waals surface area contributed by atoms with Crippen LogP contribution in [-0.2, 0) is 0 Å². The van der Waals surface area contributed by atoms with E-state index in [0.29, 0.717) is 6.54 Å². The first-order valence-corrected chi connectivity index (χ1v) is 7.06. The highest BCUT2D eigenvalue weighted by Crippen LogP contribution is 2.12. The van der Waals surface area contributed by atoms with Gasteiger partial charge in [0.05, 0.1) is 6.10 Å². The zero-order valence-corrected chi connectivity index (χ0v) is 11.5. The molecule has 4 nitrogen and oxygen atoms in total. The fourth-order valence-electron chi connectivity index (χ4n) is 2.35. The summed E-state index contributed by atoms with van der Waals surface area (Å²) in [6.07, 6.45) is 8.80. The van der Waals surface area contributed by atoms with Crippen molar-refractivity contribution in [2.45, 2.75) is 58.1 Å². The largest absolute Gasteiger partial charge is 0.391 e. The highest BCUT2D eigenvalue weighted by Gasteiger charge is 2.17. The van der Waals surface area contributed by atoms with Gasteiger partial charge in [0.1, 0.15) is 0 Å². The molecule has 2 amide bonds. The lowest BCUT2D eigenvalue weighted by atomic mass is 9.97. The van der Waals surface area contributed by atoms with Crippen LogP contribution in [0.1, 0.15) is 46.0 Å². The monoisotopic (exact) mass is 254 g/mol. The van der Waals surface area contributed by atoms with Gasteiger partial charge in [0, 0.05) is 12.6 Å². The zero-order valence-electron chi connectivity index (χ0n) is 11.5. The van der Waals surface area contributed by atoms with Crippen LogP contribution in [-0.4, -0.2) is 29.8 Å². The van der Waals surface area contributed by atoms with Crippen molar-refractivity contribution in [3.63, 3.8) is 0 Å². The summed E-state index contributed by atoms with van der Waals surface area (Å²) in [5.41, 5.74) is 0. The van der Waals surface area contributed by atoms with Gasteiger partial charge in [0.2, 0.25) is 0 Å². The van der Waals surface area contributed by atoms with Crippen LogP contribution in [0.4, 0.5) is 4.79 Å². The number of carbonyl (C=O) groups is 1. The molecule has 1 aliphatic carbocycles. The molecule has 0 heterocycles. The van der Waals surface area contributed by atoms with Gasteiger partial charge in [-0.15, -0.1) is 0 Å². The minimum atomic E-state index is -0.451. The topological polar surface area (TPSA) is 61.4 Å². The Hall–Kier alpha value is -1.03. The number of amides is 2. The van der Waals surface area contributed by atoms with Crippen molar-refractivity contribution in [1.82, 2.24) is 10.6 Å². The molecule has 1 rings (SSSR count). The number of nitrogens with one attached hydrogen (secondary N) is 2. The average Bonchev–Trinajstić information content (AvgIpc) is 2.39. The van der Waals surface area contributed by atoms with E-state index in [1.165, 1.54) is 0 Å². The Bertz CT molecular complexity index is 275. The summed E-state index contributed by atoms with van der Waals surface area (Å²) in [6.45, 7) is 4.45. The number of allylic oxidation sites excluding steroid dienone is 1. The van der Waals surface area contributed by atoms with Gasteiger partial charge in [-0.2, -0.15) is 0 Å². The molecule has 0 aliphatic heterocycles. The molecule has 0 aromatic carbocycles. The van der Waals surface area contributed by atoms with E-state index in [1.807, 2.05) is 6.08 Å². The summed E-state index contributed by atoms with van der Waals surface area (Å²) >= 11 is 0. The van der Waals surface area contributed by atoms with Crippen LogP contribution < -0.4 is 10.6 Å². The molecule has 0 spiro atoms. The number of aliphatic hydroxyl groups excluding tert-OH is 1. The summed E-state index contributed by atoms with van der Waals surface area (Å²) in [5.74, 6) is 0.264. The molecule has 3 N–H and O–H groups in total. The fourth-order valence-corrected chi connectivity index (χ4v) is 2.35. The summed E-state index contributed by atoms with van der Waals surface area (Å²) in [5, 5.41) is 15.6. The molecule has 0 aromatic rings. The Balaban J connectivity index is 2.23. The molecule has 0 fully saturated rings. The van der Waals surface area contributed by atoms with E-state index in [4.69, 9.17) is 0 Å². The van der Waals surface area contributed by atoms with Gasteiger partial charge in [-0.3, -0.25) is 0 Å².